The zero-order chi connectivity index (χ0) is 17.0. The van der Waals surface area contributed by atoms with Crippen LogP contribution in [0, 0.1) is 13.8 Å². The van der Waals surface area contributed by atoms with E-state index in [1.54, 1.807) is 24.7 Å². The average molecular weight is 317 g/mol. The van der Waals surface area contributed by atoms with Crippen LogP contribution >= 0.6 is 0 Å². The number of Topliss-reactive ketones (excluding diaryl/α,β-unsaturated/α-hetero) is 1. The van der Waals surface area contributed by atoms with Gasteiger partial charge in [0.05, 0.1) is 17.8 Å². The predicted octanol–water partition coefficient (Wildman–Crippen LogP) is 1.63. The predicted molar refractivity (Wildman–Crippen MR) is 86.1 cm³/mol. The molecule has 2 rings (SSSR count). The molecule has 2 heterocycles. The fraction of sp³-hybridized carbons (Fsp3) is 0.500. The van der Waals surface area contributed by atoms with Gasteiger partial charge in [0, 0.05) is 24.6 Å². The topological polar surface area (TPSA) is 81.8 Å². The van der Waals surface area contributed by atoms with E-state index in [0.717, 1.165) is 24.5 Å². The number of nitrogens with one attached hydrogen (secondary N) is 1. The molecule has 0 aromatic carbocycles. The number of imidazole rings is 1. The van der Waals surface area contributed by atoms with Crippen LogP contribution in [0.15, 0.2) is 12.4 Å². The minimum absolute atomic E-state index is 0.0340. The number of aryl methyl sites for hydroxylation is 2. The van der Waals surface area contributed by atoms with Crippen molar-refractivity contribution in [1.82, 2.24) is 24.6 Å². The van der Waals surface area contributed by atoms with Crippen molar-refractivity contribution in [3.8, 4) is 0 Å². The Balaban J connectivity index is 1.99. The number of carbonyl (C=O) groups is 2. The minimum atomic E-state index is -0.156. The summed E-state index contributed by atoms with van der Waals surface area (Å²) < 4.78 is 3.59. The molecule has 0 saturated carbocycles. The van der Waals surface area contributed by atoms with Crippen molar-refractivity contribution in [1.29, 1.82) is 0 Å². The lowest BCUT2D eigenvalue weighted by atomic mass is 10.1. The van der Waals surface area contributed by atoms with Crippen LogP contribution in [0.4, 0.5) is 0 Å². The molecule has 1 amide bonds. The van der Waals surface area contributed by atoms with E-state index < -0.39 is 0 Å². The van der Waals surface area contributed by atoms with Crippen LogP contribution in [0.25, 0.3) is 0 Å². The van der Waals surface area contributed by atoms with Crippen LogP contribution in [-0.2, 0) is 24.4 Å². The SMILES string of the molecule is CCCn1ccnc1CNC(=O)Cn1nc(C)c(C(C)=O)c1C. The molecule has 0 aliphatic rings. The van der Waals surface area contributed by atoms with Crippen LogP contribution in [0.1, 0.15) is 47.8 Å². The third kappa shape index (κ3) is 3.85. The van der Waals surface area contributed by atoms with Gasteiger partial charge in [0.1, 0.15) is 12.4 Å². The molecule has 23 heavy (non-hydrogen) atoms. The number of hydrogen-bond donors (Lipinski definition) is 1. The number of ketones is 1. The van der Waals surface area contributed by atoms with Gasteiger partial charge in [-0.1, -0.05) is 6.92 Å². The molecule has 0 aliphatic heterocycles. The van der Waals surface area contributed by atoms with Gasteiger partial charge in [-0.05, 0) is 27.2 Å². The highest BCUT2D eigenvalue weighted by atomic mass is 16.2. The molecule has 0 fully saturated rings. The van der Waals surface area contributed by atoms with Crippen molar-refractivity contribution in [3.63, 3.8) is 0 Å². The Kier molecular flexibility index (Phi) is 5.31. The molecule has 0 aliphatic carbocycles. The molecule has 0 bridgehead atoms. The third-order valence-corrected chi connectivity index (χ3v) is 3.74. The second-order valence-electron chi connectivity index (χ2n) is 5.57. The summed E-state index contributed by atoms with van der Waals surface area (Å²) in [6.07, 6.45) is 4.65. The van der Waals surface area contributed by atoms with Crippen LogP contribution in [0.5, 0.6) is 0 Å². The molecule has 2 aromatic rings. The summed E-state index contributed by atoms with van der Waals surface area (Å²) in [5, 5.41) is 7.13. The minimum Gasteiger partial charge on any atom is -0.347 e. The monoisotopic (exact) mass is 317 g/mol. The molecule has 7 nitrogen and oxygen atoms in total. The quantitative estimate of drug-likeness (QED) is 0.787. The van der Waals surface area contributed by atoms with E-state index in [1.807, 2.05) is 10.8 Å². The Morgan fingerprint density at radius 1 is 1.30 bits per heavy atom. The molecule has 124 valence electrons. The number of hydrogen-bond acceptors (Lipinski definition) is 4. The molecular weight excluding hydrogens is 294 g/mol. The first kappa shape index (κ1) is 16.9. The van der Waals surface area contributed by atoms with Gasteiger partial charge in [0.25, 0.3) is 0 Å². The smallest absolute Gasteiger partial charge is 0.242 e. The zero-order valence-corrected chi connectivity index (χ0v) is 14.1. The van der Waals surface area contributed by atoms with E-state index in [1.165, 1.54) is 6.92 Å². The van der Waals surface area contributed by atoms with Gasteiger partial charge in [-0.15, -0.1) is 0 Å². The second kappa shape index (κ2) is 7.21. The van der Waals surface area contributed by atoms with Crippen LogP contribution in [0.2, 0.25) is 0 Å². The molecule has 1 N–H and O–H groups in total. The van der Waals surface area contributed by atoms with E-state index in [4.69, 9.17) is 0 Å². The fourth-order valence-corrected chi connectivity index (χ4v) is 2.68. The van der Waals surface area contributed by atoms with Gasteiger partial charge in [-0.2, -0.15) is 5.10 Å². The van der Waals surface area contributed by atoms with Gasteiger partial charge in [-0.3, -0.25) is 14.3 Å². The molecule has 2 aromatic heterocycles. The Labute approximate surface area is 135 Å². The number of amides is 1. The largest absolute Gasteiger partial charge is 0.347 e. The summed E-state index contributed by atoms with van der Waals surface area (Å²) in [6.45, 7) is 8.54. The Morgan fingerprint density at radius 3 is 2.65 bits per heavy atom. The van der Waals surface area contributed by atoms with E-state index in [2.05, 4.69) is 22.3 Å². The van der Waals surface area contributed by atoms with Crippen molar-refractivity contribution in [2.24, 2.45) is 0 Å². The van der Waals surface area contributed by atoms with Crippen molar-refractivity contribution in [3.05, 3.63) is 35.2 Å². The molecule has 0 spiro atoms. The summed E-state index contributed by atoms with van der Waals surface area (Å²) in [7, 11) is 0. The molecule has 0 atom stereocenters. The Morgan fingerprint density at radius 2 is 2.04 bits per heavy atom. The summed E-state index contributed by atoms with van der Waals surface area (Å²) in [4.78, 5) is 28.0. The number of nitrogens with zero attached hydrogens (tertiary/aromatic N) is 4. The lowest BCUT2D eigenvalue weighted by Gasteiger charge is -2.09. The van der Waals surface area contributed by atoms with Crippen LogP contribution in [0.3, 0.4) is 0 Å². The highest BCUT2D eigenvalue weighted by molar-refractivity contribution is 5.96. The number of rotatable bonds is 7. The molecule has 0 saturated heterocycles. The number of aromatic nitrogens is 4. The maximum absolute atomic E-state index is 12.1. The van der Waals surface area contributed by atoms with Gasteiger partial charge in [0.2, 0.25) is 5.91 Å². The first-order valence-corrected chi connectivity index (χ1v) is 7.75. The average Bonchev–Trinajstić information content (AvgIpc) is 3.02. The Bertz CT molecular complexity index is 714. The highest BCUT2D eigenvalue weighted by Crippen LogP contribution is 2.13. The standard InChI is InChI=1S/C16H23N5O2/c1-5-7-20-8-6-17-14(20)9-18-15(23)10-21-12(3)16(13(4)22)11(2)19-21/h6,8H,5,7,9-10H2,1-4H3,(H,18,23). The van der Waals surface area contributed by atoms with Crippen molar-refractivity contribution in [2.45, 2.75) is 53.8 Å². The fourth-order valence-electron chi connectivity index (χ4n) is 2.68. The van der Waals surface area contributed by atoms with Crippen molar-refractivity contribution in [2.75, 3.05) is 0 Å². The molecular formula is C16H23N5O2. The van der Waals surface area contributed by atoms with Gasteiger partial charge < -0.3 is 9.88 Å². The van der Waals surface area contributed by atoms with E-state index in [9.17, 15) is 9.59 Å². The molecule has 0 unspecified atom stereocenters. The Hall–Kier alpha value is -2.44. The van der Waals surface area contributed by atoms with Crippen molar-refractivity contribution >= 4 is 11.7 Å². The maximum atomic E-state index is 12.1. The first-order valence-electron chi connectivity index (χ1n) is 7.75. The van der Waals surface area contributed by atoms with Crippen LogP contribution in [-0.4, -0.2) is 31.0 Å². The lowest BCUT2D eigenvalue weighted by molar-refractivity contribution is -0.122. The highest BCUT2D eigenvalue weighted by Gasteiger charge is 2.17. The lowest BCUT2D eigenvalue weighted by Crippen LogP contribution is -2.29. The summed E-state index contributed by atoms with van der Waals surface area (Å²) in [5.74, 6) is 0.642. The van der Waals surface area contributed by atoms with Gasteiger partial charge >= 0.3 is 0 Å². The number of carbonyl (C=O) groups excluding carboxylic acids is 2. The van der Waals surface area contributed by atoms with Crippen LogP contribution < -0.4 is 5.32 Å². The van der Waals surface area contributed by atoms with Crippen molar-refractivity contribution < 1.29 is 9.59 Å². The van der Waals surface area contributed by atoms with E-state index in [-0.39, 0.29) is 18.2 Å². The van der Waals surface area contributed by atoms with Gasteiger partial charge in [-0.25, -0.2) is 4.98 Å². The summed E-state index contributed by atoms with van der Waals surface area (Å²) in [6, 6.07) is 0. The summed E-state index contributed by atoms with van der Waals surface area (Å²) in [5.41, 5.74) is 1.97. The van der Waals surface area contributed by atoms with E-state index >= 15 is 0 Å². The zero-order valence-electron chi connectivity index (χ0n) is 14.1. The summed E-state index contributed by atoms with van der Waals surface area (Å²) >= 11 is 0. The van der Waals surface area contributed by atoms with Gasteiger partial charge in [0.15, 0.2) is 5.78 Å². The first-order chi connectivity index (χ1) is 10.9. The van der Waals surface area contributed by atoms with E-state index in [0.29, 0.717) is 17.8 Å². The third-order valence-electron chi connectivity index (χ3n) is 3.74. The molecule has 7 heteroatoms. The second-order valence-corrected chi connectivity index (χ2v) is 5.57. The molecule has 0 radical (unpaired) electrons. The normalized spacial score (nSPS) is 10.8. The maximum Gasteiger partial charge on any atom is 0.242 e.